The highest BCUT2D eigenvalue weighted by molar-refractivity contribution is 7.14. The van der Waals surface area contributed by atoms with Gasteiger partial charge in [-0.15, -0.1) is 11.3 Å². The topological polar surface area (TPSA) is 17.1 Å². The zero-order valence-electron chi connectivity index (χ0n) is 5.76. The molecule has 1 aromatic heterocycles. The first-order valence-corrected chi connectivity index (χ1v) is 3.77. The van der Waals surface area contributed by atoms with Gasteiger partial charge in [-0.1, -0.05) is 12.7 Å². The van der Waals surface area contributed by atoms with Crippen LogP contribution in [0.2, 0.25) is 0 Å². The summed E-state index contributed by atoms with van der Waals surface area (Å²) in [5, 5.41) is 0. The summed E-state index contributed by atoms with van der Waals surface area (Å²) in [5.41, 5.74) is 1.13. The van der Waals surface area contributed by atoms with Gasteiger partial charge in [-0.25, -0.2) is 0 Å². The second-order valence-corrected chi connectivity index (χ2v) is 3.13. The van der Waals surface area contributed by atoms with E-state index in [0.29, 0.717) is 0 Å². The van der Waals surface area contributed by atoms with Gasteiger partial charge in [0.2, 0.25) is 0 Å². The molecule has 1 nitrogen and oxygen atoms in total. The summed E-state index contributed by atoms with van der Waals surface area (Å²) < 4.78 is 0. The van der Waals surface area contributed by atoms with Crippen LogP contribution in [0.4, 0.5) is 0 Å². The van der Waals surface area contributed by atoms with Gasteiger partial charge in [0.15, 0.2) is 6.29 Å². The second-order valence-electron chi connectivity index (χ2n) is 2.02. The fraction of sp³-hybridized carbons (Fsp3) is 0.125. The van der Waals surface area contributed by atoms with Gasteiger partial charge in [0.25, 0.3) is 0 Å². The van der Waals surface area contributed by atoms with Crippen molar-refractivity contribution in [2.45, 2.75) is 6.92 Å². The fourth-order valence-electron chi connectivity index (χ4n) is 0.782. The van der Waals surface area contributed by atoms with Gasteiger partial charge in [-0.3, -0.25) is 4.79 Å². The molecule has 1 aromatic rings. The minimum absolute atomic E-state index is 0.771. The second kappa shape index (κ2) is 2.80. The predicted molar refractivity (Wildman–Crippen MR) is 44.5 cm³/mol. The molecule has 0 amide bonds. The van der Waals surface area contributed by atoms with Gasteiger partial charge in [0, 0.05) is 4.88 Å². The molecule has 10 heavy (non-hydrogen) atoms. The molecule has 0 spiro atoms. The van der Waals surface area contributed by atoms with Gasteiger partial charge in [-0.05, 0) is 18.6 Å². The lowest BCUT2D eigenvalue weighted by Gasteiger charge is -1.82. The van der Waals surface area contributed by atoms with Gasteiger partial charge in [0.1, 0.15) is 0 Å². The lowest BCUT2D eigenvalue weighted by Crippen LogP contribution is -1.65. The average molecular weight is 152 g/mol. The lowest BCUT2D eigenvalue weighted by atomic mass is 10.3. The molecule has 0 unspecified atom stereocenters. The van der Waals surface area contributed by atoms with Crippen LogP contribution in [0.25, 0.3) is 6.08 Å². The smallest absolute Gasteiger partial charge is 0.160 e. The summed E-state index contributed by atoms with van der Waals surface area (Å²) in [7, 11) is 0. The van der Waals surface area contributed by atoms with Crippen molar-refractivity contribution >= 4 is 23.7 Å². The van der Waals surface area contributed by atoms with E-state index in [-0.39, 0.29) is 0 Å². The molecule has 0 atom stereocenters. The molecule has 0 saturated carbocycles. The molecule has 0 aliphatic heterocycles. The number of aldehydes is 1. The van der Waals surface area contributed by atoms with Crippen LogP contribution < -0.4 is 0 Å². The first-order chi connectivity index (χ1) is 4.77. The molecular weight excluding hydrogens is 144 g/mol. The van der Waals surface area contributed by atoms with E-state index in [4.69, 9.17) is 0 Å². The summed E-state index contributed by atoms with van der Waals surface area (Å²) in [4.78, 5) is 12.1. The number of hydrogen-bond donors (Lipinski definition) is 0. The number of carbonyl (C=O) groups excluding carboxylic acids is 1. The Morgan fingerprint density at radius 1 is 1.70 bits per heavy atom. The Morgan fingerprint density at radius 3 is 2.70 bits per heavy atom. The van der Waals surface area contributed by atoms with Crippen LogP contribution in [0.1, 0.15) is 20.1 Å². The van der Waals surface area contributed by atoms with Crippen LogP contribution in [0.15, 0.2) is 12.6 Å². The van der Waals surface area contributed by atoms with Crippen molar-refractivity contribution in [1.82, 2.24) is 0 Å². The molecule has 1 rings (SSSR count). The first kappa shape index (κ1) is 7.22. The van der Waals surface area contributed by atoms with Crippen LogP contribution in [0.3, 0.4) is 0 Å². The molecule has 0 fully saturated rings. The van der Waals surface area contributed by atoms with Crippen LogP contribution >= 0.6 is 11.3 Å². The van der Waals surface area contributed by atoms with E-state index in [2.05, 4.69) is 6.58 Å². The maximum Gasteiger partial charge on any atom is 0.160 e. The summed E-state index contributed by atoms with van der Waals surface area (Å²) in [6.45, 7) is 5.61. The van der Waals surface area contributed by atoms with Crippen LogP contribution in [0.5, 0.6) is 0 Å². The van der Waals surface area contributed by atoms with Crippen molar-refractivity contribution in [2.75, 3.05) is 0 Å². The summed E-state index contributed by atoms with van der Waals surface area (Å²) in [6.07, 6.45) is 2.64. The lowest BCUT2D eigenvalue weighted by molar-refractivity contribution is 0.112. The highest BCUT2D eigenvalue weighted by atomic mass is 32.1. The molecule has 0 N–H and O–H groups in total. The number of aryl methyl sites for hydroxylation is 1. The Labute approximate surface area is 64.0 Å². The zero-order valence-corrected chi connectivity index (χ0v) is 6.57. The molecular formula is C8H8OS. The SMILES string of the molecule is C=Cc1sc(C=O)cc1C. The largest absolute Gasteiger partial charge is 0.297 e. The van der Waals surface area contributed by atoms with Crippen molar-refractivity contribution in [3.63, 3.8) is 0 Å². The minimum atomic E-state index is 0.771. The quantitative estimate of drug-likeness (QED) is 0.595. The highest BCUT2D eigenvalue weighted by Crippen LogP contribution is 2.20. The van der Waals surface area contributed by atoms with E-state index >= 15 is 0 Å². The summed E-state index contributed by atoms with van der Waals surface area (Å²) in [5.74, 6) is 0. The predicted octanol–water partition coefficient (Wildman–Crippen LogP) is 2.51. The van der Waals surface area contributed by atoms with Crippen molar-refractivity contribution in [2.24, 2.45) is 0 Å². The minimum Gasteiger partial charge on any atom is -0.297 e. The fourth-order valence-corrected chi connectivity index (χ4v) is 1.62. The van der Waals surface area contributed by atoms with Crippen LogP contribution in [-0.2, 0) is 0 Å². The van der Waals surface area contributed by atoms with E-state index in [1.165, 1.54) is 11.3 Å². The van der Waals surface area contributed by atoms with E-state index in [0.717, 1.165) is 21.6 Å². The molecule has 0 saturated heterocycles. The third-order valence-electron chi connectivity index (χ3n) is 1.28. The van der Waals surface area contributed by atoms with E-state index in [1.807, 2.05) is 13.0 Å². The summed E-state index contributed by atoms with van der Waals surface area (Å²) >= 11 is 1.47. The molecule has 0 aliphatic rings. The summed E-state index contributed by atoms with van der Waals surface area (Å²) in [6, 6.07) is 1.87. The van der Waals surface area contributed by atoms with Crippen LogP contribution in [-0.4, -0.2) is 6.29 Å². The van der Waals surface area contributed by atoms with Gasteiger partial charge >= 0.3 is 0 Å². The maximum atomic E-state index is 10.3. The third-order valence-corrected chi connectivity index (χ3v) is 2.44. The standard InChI is InChI=1S/C8H8OS/c1-3-8-6(2)4-7(5-9)10-8/h3-5H,1H2,2H3. The number of hydrogen-bond acceptors (Lipinski definition) is 2. The number of rotatable bonds is 2. The Kier molecular flexibility index (Phi) is 2.02. The Hall–Kier alpha value is -0.890. The Morgan fingerprint density at radius 2 is 2.40 bits per heavy atom. The highest BCUT2D eigenvalue weighted by Gasteiger charge is 1.99. The molecule has 1 heterocycles. The third kappa shape index (κ3) is 1.16. The maximum absolute atomic E-state index is 10.3. The first-order valence-electron chi connectivity index (χ1n) is 2.96. The number of carbonyl (C=O) groups is 1. The van der Waals surface area contributed by atoms with Crippen molar-refractivity contribution in [1.29, 1.82) is 0 Å². The van der Waals surface area contributed by atoms with Crippen molar-refractivity contribution in [3.05, 3.63) is 28.0 Å². The van der Waals surface area contributed by atoms with E-state index in [9.17, 15) is 4.79 Å². The van der Waals surface area contributed by atoms with Crippen molar-refractivity contribution < 1.29 is 4.79 Å². The average Bonchev–Trinajstić information content (AvgIpc) is 2.30. The molecule has 52 valence electrons. The Balaban J connectivity index is 3.15. The monoisotopic (exact) mass is 152 g/mol. The van der Waals surface area contributed by atoms with E-state index < -0.39 is 0 Å². The van der Waals surface area contributed by atoms with Crippen LogP contribution in [0, 0.1) is 6.92 Å². The van der Waals surface area contributed by atoms with Gasteiger partial charge in [-0.2, -0.15) is 0 Å². The molecule has 0 radical (unpaired) electrons. The molecule has 0 bridgehead atoms. The zero-order chi connectivity index (χ0) is 7.56. The van der Waals surface area contributed by atoms with E-state index in [1.54, 1.807) is 6.08 Å². The normalized spacial score (nSPS) is 9.30. The Bertz CT molecular complexity index is 260. The number of thiophene rings is 1. The molecule has 0 aliphatic carbocycles. The van der Waals surface area contributed by atoms with Crippen molar-refractivity contribution in [3.8, 4) is 0 Å². The molecule has 2 heteroatoms. The van der Waals surface area contributed by atoms with Gasteiger partial charge in [0.05, 0.1) is 4.88 Å². The molecule has 0 aromatic carbocycles. The van der Waals surface area contributed by atoms with Gasteiger partial charge < -0.3 is 0 Å².